The van der Waals surface area contributed by atoms with Gasteiger partial charge in [-0.25, -0.2) is 4.79 Å². The van der Waals surface area contributed by atoms with Gasteiger partial charge in [0.25, 0.3) is 0 Å². The number of carboxylic acid groups (broad SMARTS) is 1. The monoisotopic (exact) mass is 281 g/mol. The van der Waals surface area contributed by atoms with Crippen LogP contribution in [0, 0.1) is 16.7 Å². The summed E-state index contributed by atoms with van der Waals surface area (Å²) in [6.45, 7) is 6.18. The molecule has 108 valence electrons. The standard InChI is InChI=1S/C18H19NO2/c1-18(2,3)17(14-8-5-4-6-9-14)15(10-7-13-19)11-12-16(20)21/h4-12H,1-3H3,(H,20,21). The van der Waals surface area contributed by atoms with E-state index in [1.807, 2.05) is 36.4 Å². The SMILES string of the molecule is CC(C)(C)C(=C(C=CC#N)C=CC(=O)O)c1ccccc1. The number of hydrogen-bond donors (Lipinski definition) is 1. The molecule has 1 N–H and O–H groups in total. The van der Waals surface area contributed by atoms with Crippen LogP contribution in [0.4, 0.5) is 0 Å². The van der Waals surface area contributed by atoms with Crippen LogP contribution in [0.1, 0.15) is 26.3 Å². The second-order valence-electron chi connectivity index (χ2n) is 5.58. The van der Waals surface area contributed by atoms with E-state index in [1.165, 1.54) is 12.2 Å². The van der Waals surface area contributed by atoms with Crippen molar-refractivity contribution in [1.29, 1.82) is 5.26 Å². The molecular formula is C18H19NO2. The van der Waals surface area contributed by atoms with Gasteiger partial charge in [0.1, 0.15) is 0 Å². The number of aliphatic carboxylic acids is 1. The van der Waals surface area contributed by atoms with Gasteiger partial charge >= 0.3 is 5.97 Å². The van der Waals surface area contributed by atoms with Gasteiger partial charge < -0.3 is 5.11 Å². The molecule has 0 heterocycles. The van der Waals surface area contributed by atoms with Crippen molar-refractivity contribution in [1.82, 2.24) is 0 Å². The van der Waals surface area contributed by atoms with E-state index in [9.17, 15) is 4.79 Å². The average molecular weight is 281 g/mol. The van der Waals surface area contributed by atoms with Gasteiger partial charge in [-0.05, 0) is 34.3 Å². The van der Waals surface area contributed by atoms with Gasteiger partial charge in [-0.1, -0.05) is 51.1 Å². The Balaban J connectivity index is 3.57. The number of allylic oxidation sites excluding steroid dienone is 5. The maximum Gasteiger partial charge on any atom is 0.328 e. The molecule has 3 nitrogen and oxygen atoms in total. The van der Waals surface area contributed by atoms with Crippen LogP contribution in [-0.2, 0) is 4.79 Å². The summed E-state index contributed by atoms with van der Waals surface area (Å²) in [6, 6.07) is 11.7. The van der Waals surface area contributed by atoms with E-state index < -0.39 is 5.97 Å². The van der Waals surface area contributed by atoms with Gasteiger partial charge in [0.05, 0.1) is 6.07 Å². The van der Waals surface area contributed by atoms with Crippen molar-refractivity contribution in [2.45, 2.75) is 20.8 Å². The van der Waals surface area contributed by atoms with Crippen LogP contribution in [0.15, 0.2) is 60.2 Å². The van der Waals surface area contributed by atoms with E-state index in [-0.39, 0.29) is 5.41 Å². The summed E-state index contributed by atoms with van der Waals surface area (Å²) in [5.41, 5.74) is 2.53. The molecule has 0 saturated heterocycles. The van der Waals surface area contributed by atoms with Crippen molar-refractivity contribution in [3.8, 4) is 6.07 Å². The van der Waals surface area contributed by atoms with Gasteiger partial charge in [0.2, 0.25) is 0 Å². The normalized spacial score (nSPS) is 13.2. The Morgan fingerprint density at radius 1 is 1.14 bits per heavy atom. The van der Waals surface area contributed by atoms with Crippen LogP contribution in [-0.4, -0.2) is 11.1 Å². The van der Waals surface area contributed by atoms with Gasteiger partial charge in [-0.3, -0.25) is 0 Å². The zero-order chi connectivity index (χ0) is 15.9. The van der Waals surface area contributed by atoms with Crippen LogP contribution in [0.2, 0.25) is 0 Å². The highest BCUT2D eigenvalue weighted by atomic mass is 16.4. The zero-order valence-electron chi connectivity index (χ0n) is 12.5. The fraction of sp³-hybridized carbons (Fsp3) is 0.222. The van der Waals surface area contributed by atoms with Crippen LogP contribution in [0.3, 0.4) is 0 Å². The lowest BCUT2D eigenvalue weighted by Crippen LogP contribution is -2.10. The summed E-state index contributed by atoms with van der Waals surface area (Å²) in [5.74, 6) is -1.01. The Morgan fingerprint density at radius 3 is 2.24 bits per heavy atom. The van der Waals surface area contributed by atoms with Crippen molar-refractivity contribution in [2.24, 2.45) is 5.41 Å². The third-order valence-electron chi connectivity index (χ3n) is 2.84. The van der Waals surface area contributed by atoms with Gasteiger partial charge in [-0.2, -0.15) is 5.26 Å². The minimum Gasteiger partial charge on any atom is -0.478 e. The van der Waals surface area contributed by atoms with Crippen LogP contribution in [0.5, 0.6) is 0 Å². The maximum absolute atomic E-state index is 10.8. The Hall–Kier alpha value is -2.60. The topological polar surface area (TPSA) is 61.1 Å². The molecule has 0 aliphatic carbocycles. The first-order valence-electron chi connectivity index (χ1n) is 6.63. The predicted octanol–water partition coefficient (Wildman–Crippen LogP) is 4.21. The molecule has 0 unspecified atom stereocenters. The van der Waals surface area contributed by atoms with E-state index >= 15 is 0 Å². The molecule has 0 bridgehead atoms. The molecule has 0 spiro atoms. The smallest absolute Gasteiger partial charge is 0.328 e. The Labute approximate surface area is 125 Å². The van der Waals surface area contributed by atoms with Gasteiger partial charge in [-0.15, -0.1) is 0 Å². The van der Waals surface area contributed by atoms with Crippen molar-refractivity contribution in [2.75, 3.05) is 0 Å². The lowest BCUT2D eigenvalue weighted by molar-refractivity contribution is -0.131. The minimum absolute atomic E-state index is 0.195. The summed E-state index contributed by atoms with van der Waals surface area (Å²) in [5, 5.41) is 17.6. The van der Waals surface area contributed by atoms with Crippen LogP contribution >= 0.6 is 0 Å². The third-order valence-corrected chi connectivity index (χ3v) is 2.84. The molecule has 0 fully saturated rings. The number of carboxylic acids is 1. The molecule has 0 saturated carbocycles. The van der Waals surface area contributed by atoms with E-state index in [1.54, 1.807) is 6.08 Å². The highest BCUT2D eigenvalue weighted by Crippen LogP contribution is 2.37. The summed E-state index contributed by atoms with van der Waals surface area (Å²) in [7, 11) is 0. The largest absolute Gasteiger partial charge is 0.478 e. The predicted molar refractivity (Wildman–Crippen MR) is 84.3 cm³/mol. The zero-order valence-corrected chi connectivity index (χ0v) is 12.5. The van der Waals surface area contributed by atoms with E-state index in [4.69, 9.17) is 10.4 Å². The fourth-order valence-corrected chi connectivity index (χ4v) is 2.15. The fourth-order valence-electron chi connectivity index (χ4n) is 2.15. The second-order valence-corrected chi connectivity index (χ2v) is 5.58. The molecule has 0 radical (unpaired) electrons. The van der Waals surface area contributed by atoms with Crippen molar-refractivity contribution >= 4 is 11.5 Å². The summed E-state index contributed by atoms with van der Waals surface area (Å²) in [4.78, 5) is 10.8. The molecule has 1 aromatic rings. The molecule has 0 atom stereocenters. The minimum atomic E-state index is -1.01. The number of nitriles is 1. The van der Waals surface area contributed by atoms with Gasteiger partial charge in [0.15, 0.2) is 0 Å². The number of benzene rings is 1. The number of rotatable bonds is 4. The lowest BCUT2D eigenvalue weighted by atomic mass is 9.79. The first-order chi connectivity index (χ1) is 9.86. The average Bonchev–Trinajstić information content (AvgIpc) is 2.41. The Bertz CT molecular complexity index is 623. The quantitative estimate of drug-likeness (QED) is 0.511. The maximum atomic E-state index is 10.8. The lowest BCUT2D eigenvalue weighted by Gasteiger charge is -2.25. The molecule has 3 heteroatoms. The summed E-state index contributed by atoms with van der Waals surface area (Å²) in [6.07, 6.45) is 5.62. The molecule has 1 rings (SSSR count). The number of nitrogens with zero attached hydrogens (tertiary/aromatic N) is 1. The molecule has 0 aliphatic heterocycles. The van der Waals surface area contributed by atoms with E-state index in [0.717, 1.165) is 22.8 Å². The highest BCUT2D eigenvalue weighted by molar-refractivity contribution is 5.83. The Morgan fingerprint density at radius 2 is 1.76 bits per heavy atom. The first-order valence-corrected chi connectivity index (χ1v) is 6.63. The highest BCUT2D eigenvalue weighted by Gasteiger charge is 2.21. The summed E-state index contributed by atoms with van der Waals surface area (Å²) < 4.78 is 0. The van der Waals surface area contributed by atoms with Gasteiger partial charge in [0, 0.05) is 12.2 Å². The van der Waals surface area contributed by atoms with Crippen LogP contribution < -0.4 is 0 Å². The molecule has 0 amide bonds. The van der Waals surface area contributed by atoms with Crippen molar-refractivity contribution in [3.05, 3.63) is 65.8 Å². The molecular weight excluding hydrogens is 262 g/mol. The van der Waals surface area contributed by atoms with Crippen LogP contribution in [0.25, 0.3) is 5.57 Å². The van der Waals surface area contributed by atoms with E-state index in [2.05, 4.69) is 20.8 Å². The molecule has 0 aliphatic rings. The Kier molecular flexibility index (Phi) is 5.68. The third kappa shape index (κ3) is 5.12. The van der Waals surface area contributed by atoms with E-state index in [0.29, 0.717) is 0 Å². The second kappa shape index (κ2) is 7.25. The first kappa shape index (κ1) is 16.5. The number of carbonyl (C=O) groups is 1. The number of hydrogen-bond acceptors (Lipinski definition) is 2. The van der Waals surface area contributed by atoms with Crippen molar-refractivity contribution in [3.63, 3.8) is 0 Å². The summed E-state index contributed by atoms with van der Waals surface area (Å²) >= 11 is 0. The molecule has 0 aromatic heterocycles. The van der Waals surface area contributed by atoms with Crippen molar-refractivity contribution < 1.29 is 9.90 Å². The molecule has 1 aromatic carbocycles. The molecule has 21 heavy (non-hydrogen) atoms.